The third-order valence-corrected chi connectivity index (χ3v) is 2.32. The van der Waals surface area contributed by atoms with Crippen molar-refractivity contribution in [3.63, 3.8) is 0 Å². The third kappa shape index (κ3) is 4.33. The van der Waals surface area contributed by atoms with Crippen molar-refractivity contribution in [1.82, 2.24) is 15.2 Å². The molecule has 1 amide bonds. The summed E-state index contributed by atoms with van der Waals surface area (Å²) in [6.07, 6.45) is 0.497. The molecule has 0 fully saturated rings. The second-order valence-electron chi connectivity index (χ2n) is 3.55. The van der Waals surface area contributed by atoms with E-state index in [0.29, 0.717) is 23.4 Å². The number of rotatable bonds is 5. The summed E-state index contributed by atoms with van der Waals surface area (Å²) >= 11 is 1.53. The van der Waals surface area contributed by atoms with Gasteiger partial charge in [-0.1, -0.05) is 32.5 Å². The SMILES string of the molecule is CCSc1n[nH]c(NC(=O)CC(C)C)n1. The van der Waals surface area contributed by atoms with Crippen molar-refractivity contribution >= 4 is 23.6 Å². The Hall–Kier alpha value is -1.04. The van der Waals surface area contributed by atoms with Crippen LogP contribution in [0.2, 0.25) is 0 Å². The van der Waals surface area contributed by atoms with Crippen LogP contribution in [0.4, 0.5) is 5.95 Å². The zero-order chi connectivity index (χ0) is 11.3. The maximum Gasteiger partial charge on any atom is 0.226 e. The average Bonchev–Trinajstić information content (AvgIpc) is 2.51. The van der Waals surface area contributed by atoms with Crippen molar-refractivity contribution in [1.29, 1.82) is 0 Å². The van der Waals surface area contributed by atoms with Crippen molar-refractivity contribution in [3.8, 4) is 0 Å². The molecule has 84 valence electrons. The lowest BCUT2D eigenvalue weighted by molar-refractivity contribution is -0.116. The van der Waals surface area contributed by atoms with Gasteiger partial charge in [0, 0.05) is 6.42 Å². The van der Waals surface area contributed by atoms with Gasteiger partial charge in [-0.05, 0) is 11.7 Å². The van der Waals surface area contributed by atoms with E-state index in [4.69, 9.17) is 0 Å². The van der Waals surface area contributed by atoms with E-state index >= 15 is 0 Å². The fraction of sp³-hybridized carbons (Fsp3) is 0.667. The van der Waals surface area contributed by atoms with E-state index in [1.807, 2.05) is 20.8 Å². The molecule has 0 radical (unpaired) electrons. The highest BCUT2D eigenvalue weighted by atomic mass is 32.2. The van der Waals surface area contributed by atoms with Crippen LogP contribution in [0.1, 0.15) is 27.2 Å². The molecule has 15 heavy (non-hydrogen) atoms. The molecule has 0 atom stereocenters. The van der Waals surface area contributed by atoms with Crippen LogP contribution in [0.3, 0.4) is 0 Å². The number of amides is 1. The van der Waals surface area contributed by atoms with E-state index in [0.717, 1.165) is 5.75 Å². The van der Waals surface area contributed by atoms with Gasteiger partial charge in [0.2, 0.25) is 17.0 Å². The second kappa shape index (κ2) is 5.75. The molecule has 1 rings (SSSR count). The molecular formula is C9H16N4OS. The minimum Gasteiger partial charge on any atom is -0.295 e. The fourth-order valence-electron chi connectivity index (χ4n) is 1.05. The van der Waals surface area contributed by atoms with E-state index < -0.39 is 0 Å². The molecule has 0 saturated carbocycles. The fourth-order valence-corrected chi connectivity index (χ4v) is 1.57. The zero-order valence-corrected chi connectivity index (χ0v) is 10.0. The topological polar surface area (TPSA) is 70.7 Å². The lowest BCUT2D eigenvalue weighted by atomic mass is 10.1. The molecule has 1 aromatic rings. The van der Waals surface area contributed by atoms with Gasteiger partial charge >= 0.3 is 0 Å². The molecule has 1 aromatic heterocycles. The van der Waals surface area contributed by atoms with E-state index in [1.54, 1.807) is 0 Å². The molecule has 2 N–H and O–H groups in total. The second-order valence-corrected chi connectivity index (χ2v) is 4.78. The number of nitrogens with one attached hydrogen (secondary N) is 2. The highest BCUT2D eigenvalue weighted by Gasteiger charge is 2.08. The molecule has 0 aliphatic carbocycles. The summed E-state index contributed by atoms with van der Waals surface area (Å²) in [5.74, 6) is 1.65. The summed E-state index contributed by atoms with van der Waals surface area (Å²) in [5, 5.41) is 9.97. The van der Waals surface area contributed by atoms with Crippen molar-refractivity contribution in [3.05, 3.63) is 0 Å². The van der Waals surface area contributed by atoms with E-state index in [2.05, 4.69) is 20.5 Å². The van der Waals surface area contributed by atoms with Crippen LogP contribution in [-0.2, 0) is 4.79 Å². The number of hydrogen-bond acceptors (Lipinski definition) is 4. The molecule has 1 heterocycles. The lowest BCUT2D eigenvalue weighted by Crippen LogP contribution is -2.14. The standard InChI is InChI=1S/C9H16N4OS/c1-4-15-9-11-8(12-13-9)10-7(14)5-6(2)3/h6H,4-5H2,1-3H3,(H2,10,11,12,13,14). The molecule has 0 aliphatic rings. The Kier molecular flexibility index (Phi) is 4.61. The van der Waals surface area contributed by atoms with Crippen molar-refractivity contribution in [2.45, 2.75) is 32.3 Å². The zero-order valence-electron chi connectivity index (χ0n) is 9.20. The minimum absolute atomic E-state index is 0.0331. The lowest BCUT2D eigenvalue weighted by Gasteiger charge is -2.02. The Morgan fingerprint density at radius 1 is 1.60 bits per heavy atom. The van der Waals surface area contributed by atoms with Crippen LogP contribution in [-0.4, -0.2) is 26.8 Å². The van der Waals surface area contributed by atoms with Crippen LogP contribution < -0.4 is 5.32 Å². The first kappa shape index (κ1) is 12.0. The third-order valence-electron chi connectivity index (χ3n) is 1.59. The van der Waals surface area contributed by atoms with Crippen LogP contribution in [0.25, 0.3) is 0 Å². The van der Waals surface area contributed by atoms with Crippen molar-refractivity contribution in [2.75, 3.05) is 11.1 Å². The van der Waals surface area contributed by atoms with Gasteiger partial charge < -0.3 is 0 Å². The number of H-pyrrole nitrogens is 1. The Balaban J connectivity index is 2.46. The smallest absolute Gasteiger partial charge is 0.226 e. The van der Waals surface area contributed by atoms with Gasteiger partial charge in [-0.3, -0.25) is 10.1 Å². The Morgan fingerprint density at radius 3 is 2.93 bits per heavy atom. The summed E-state index contributed by atoms with van der Waals surface area (Å²) < 4.78 is 0. The van der Waals surface area contributed by atoms with Gasteiger partial charge in [0.05, 0.1) is 0 Å². The van der Waals surface area contributed by atoms with E-state index in [-0.39, 0.29) is 5.91 Å². The summed E-state index contributed by atoms with van der Waals surface area (Å²) in [6.45, 7) is 6.02. The number of aromatic nitrogens is 3. The largest absolute Gasteiger partial charge is 0.295 e. The molecule has 6 heteroatoms. The number of carbonyl (C=O) groups excluding carboxylic acids is 1. The van der Waals surface area contributed by atoms with Gasteiger partial charge in [-0.25, -0.2) is 5.10 Å². The number of aromatic amines is 1. The first-order valence-electron chi connectivity index (χ1n) is 4.96. The van der Waals surface area contributed by atoms with E-state index in [9.17, 15) is 4.79 Å². The molecule has 0 spiro atoms. The Bertz CT molecular complexity index is 324. The van der Waals surface area contributed by atoms with Crippen LogP contribution in [0, 0.1) is 5.92 Å². The van der Waals surface area contributed by atoms with Crippen molar-refractivity contribution < 1.29 is 4.79 Å². The molecule has 0 saturated heterocycles. The van der Waals surface area contributed by atoms with Gasteiger partial charge in [0.15, 0.2) is 0 Å². The highest BCUT2D eigenvalue weighted by molar-refractivity contribution is 7.99. The van der Waals surface area contributed by atoms with Crippen molar-refractivity contribution in [2.24, 2.45) is 5.92 Å². The van der Waals surface area contributed by atoms with Crippen LogP contribution >= 0.6 is 11.8 Å². The number of carbonyl (C=O) groups is 1. The molecule has 5 nitrogen and oxygen atoms in total. The summed E-state index contributed by atoms with van der Waals surface area (Å²) in [4.78, 5) is 15.5. The average molecular weight is 228 g/mol. The first-order chi connectivity index (χ1) is 7.11. The summed E-state index contributed by atoms with van der Waals surface area (Å²) in [5.41, 5.74) is 0. The molecular weight excluding hydrogens is 212 g/mol. The normalized spacial score (nSPS) is 10.7. The predicted octanol–water partition coefficient (Wildman–Crippen LogP) is 1.90. The predicted molar refractivity (Wildman–Crippen MR) is 60.9 cm³/mol. The van der Waals surface area contributed by atoms with E-state index in [1.165, 1.54) is 11.8 Å². The first-order valence-corrected chi connectivity index (χ1v) is 5.95. The molecule has 0 bridgehead atoms. The maximum absolute atomic E-state index is 11.4. The van der Waals surface area contributed by atoms with Gasteiger partial charge in [0.1, 0.15) is 0 Å². The number of anilines is 1. The Morgan fingerprint density at radius 2 is 2.33 bits per heavy atom. The number of hydrogen-bond donors (Lipinski definition) is 2. The summed E-state index contributed by atoms with van der Waals surface area (Å²) in [7, 11) is 0. The Labute approximate surface area is 93.4 Å². The maximum atomic E-state index is 11.4. The summed E-state index contributed by atoms with van der Waals surface area (Å²) in [6, 6.07) is 0. The minimum atomic E-state index is -0.0331. The van der Waals surface area contributed by atoms with Crippen LogP contribution in [0.15, 0.2) is 5.16 Å². The quantitative estimate of drug-likeness (QED) is 0.755. The molecule has 0 unspecified atom stereocenters. The van der Waals surface area contributed by atoms with Crippen LogP contribution in [0.5, 0.6) is 0 Å². The monoisotopic (exact) mass is 228 g/mol. The number of nitrogens with zero attached hydrogens (tertiary/aromatic N) is 2. The van der Waals surface area contributed by atoms with Gasteiger partial charge in [0.25, 0.3) is 0 Å². The van der Waals surface area contributed by atoms with Gasteiger partial charge in [-0.2, -0.15) is 4.98 Å². The molecule has 0 aromatic carbocycles. The molecule has 0 aliphatic heterocycles. The number of thioether (sulfide) groups is 1. The van der Waals surface area contributed by atoms with Gasteiger partial charge in [-0.15, -0.1) is 5.10 Å². The highest BCUT2D eigenvalue weighted by Crippen LogP contribution is 2.13.